The summed E-state index contributed by atoms with van der Waals surface area (Å²) in [6.45, 7) is 3.35. The fraction of sp³-hybridized carbons (Fsp3) is 0.350. The molecule has 2 aromatic carbocycles. The van der Waals surface area contributed by atoms with Crippen LogP contribution in [0.3, 0.4) is 0 Å². The maximum atomic E-state index is 12.2. The Kier molecular flexibility index (Phi) is 7.79. The maximum absolute atomic E-state index is 12.2. The highest BCUT2D eigenvalue weighted by Gasteiger charge is 2.18. The standard InChI is InChI=1S/C20H25NO4/c1-3-19(25-18-11-7-10-17(14-18)23-2)20(22)21-12-13-24-15-16-8-5-4-6-9-16/h4-11,14,19H,3,12-13,15H2,1-2H3,(H,21,22)/t19-/m0/s1. The fourth-order valence-electron chi connectivity index (χ4n) is 2.29. The van der Waals surface area contributed by atoms with E-state index in [1.165, 1.54) is 0 Å². The molecule has 0 radical (unpaired) electrons. The average molecular weight is 343 g/mol. The first kappa shape index (κ1) is 18.8. The van der Waals surface area contributed by atoms with Crippen LogP contribution in [0.1, 0.15) is 18.9 Å². The first-order chi connectivity index (χ1) is 12.2. The third-order valence-corrected chi connectivity index (χ3v) is 3.64. The molecule has 0 aliphatic heterocycles. The number of rotatable bonds is 10. The van der Waals surface area contributed by atoms with Gasteiger partial charge in [0.2, 0.25) is 0 Å². The van der Waals surface area contributed by atoms with Crippen molar-refractivity contribution in [3.05, 3.63) is 60.2 Å². The minimum Gasteiger partial charge on any atom is -0.497 e. The van der Waals surface area contributed by atoms with Gasteiger partial charge >= 0.3 is 0 Å². The molecule has 0 aliphatic carbocycles. The summed E-state index contributed by atoms with van der Waals surface area (Å²) in [5, 5.41) is 2.85. The van der Waals surface area contributed by atoms with Crippen LogP contribution in [0.25, 0.3) is 0 Å². The van der Waals surface area contributed by atoms with Crippen molar-refractivity contribution in [2.45, 2.75) is 26.1 Å². The molecule has 1 N–H and O–H groups in total. The van der Waals surface area contributed by atoms with Crippen molar-refractivity contribution in [2.75, 3.05) is 20.3 Å². The molecule has 0 saturated carbocycles. The van der Waals surface area contributed by atoms with Gasteiger partial charge in [0.05, 0.1) is 20.3 Å². The number of carbonyl (C=O) groups excluding carboxylic acids is 1. The molecule has 0 heterocycles. The zero-order valence-electron chi connectivity index (χ0n) is 14.7. The second kappa shape index (κ2) is 10.4. The molecule has 0 fully saturated rings. The SMILES string of the molecule is CC[C@H](Oc1cccc(OC)c1)C(=O)NCCOCc1ccccc1. The molecule has 0 aliphatic rings. The summed E-state index contributed by atoms with van der Waals surface area (Å²) in [6.07, 6.45) is 0.0368. The Bertz CT molecular complexity index is 645. The molecule has 1 amide bonds. The molecular formula is C20H25NO4. The molecule has 5 heteroatoms. The number of carbonyl (C=O) groups is 1. The zero-order valence-corrected chi connectivity index (χ0v) is 14.7. The van der Waals surface area contributed by atoms with E-state index in [-0.39, 0.29) is 5.91 Å². The van der Waals surface area contributed by atoms with Crippen LogP contribution in [0.5, 0.6) is 11.5 Å². The smallest absolute Gasteiger partial charge is 0.261 e. The lowest BCUT2D eigenvalue weighted by atomic mass is 10.2. The lowest BCUT2D eigenvalue weighted by molar-refractivity contribution is -0.128. The monoisotopic (exact) mass is 343 g/mol. The summed E-state index contributed by atoms with van der Waals surface area (Å²) < 4.78 is 16.5. The van der Waals surface area contributed by atoms with Crippen molar-refractivity contribution in [3.63, 3.8) is 0 Å². The molecule has 2 rings (SSSR count). The van der Waals surface area contributed by atoms with E-state index >= 15 is 0 Å². The normalized spacial score (nSPS) is 11.6. The van der Waals surface area contributed by atoms with Crippen molar-refractivity contribution < 1.29 is 19.0 Å². The van der Waals surface area contributed by atoms with Gasteiger partial charge in [-0.3, -0.25) is 4.79 Å². The molecule has 0 aromatic heterocycles. The minimum atomic E-state index is -0.541. The number of ether oxygens (including phenoxy) is 3. The quantitative estimate of drug-likeness (QED) is 0.673. The van der Waals surface area contributed by atoms with E-state index in [1.54, 1.807) is 19.2 Å². The van der Waals surface area contributed by atoms with Crippen molar-refractivity contribution in [3.8, 4) is 11.5 Å². The molecule has 2 aromatic rings. The van der Waals surface area contributed by atoms with Gasteiger partial charge in [0.25, 0.3) is 5.91 Å². The predicted molar refractivity (Wildman–Crippen MR) is 96.8 cm³/mol. The molecule has 134 valence electrons. The Morgan fingerprint density at radius 2 is 1.84 bits per heavy atom. The summed E-state index contributed by atoms with van der Waals surface area (Å²) in [4.78, 5) is 12.2. The third kappa shape index (κ3) is 6.47. The number of hydrogen-bond acceptors (Lipinski definition) is 4. The first-order valence-electron chi connectivity index (χ1n) is 8.43. The van der Waals surface area contributed by atoms with Gasteiger partial charge < -0.3 is 19.5 Å². The van der Waals surface area contributed by atoms with Gasteiger partial charge in [-0.2, -0.15) is 0 Å². The molecular weight excluding hydrogens is 318 g/mol. The Morgan fingerprint density at radius 3 is 2.56 bits per heavy atom. The predicted octanol–water partition coefficient (Wildman–Crippen LogP) is 3.19. The largest absolute Gasteiger partial charge is 0.497 e. The van der Waals surface area contributed by atoms with Crippen molar-refractivity contribution in [1.29, 1.82) is 0 Å². The molecule has 0 bridgehead atoms. The van der Waals surface area contributed by atoms with Crippen LogP contribution >= 0.6 is 0 Å². The van der Waals surface area contributed by atoms with Crippen molar-refractivity contribution in [2.24, 2.45) is 0 Å². The second-order valence-electron chi connectivity index (χ2n) is 5.52. The van der Waals surface area contributed by atoms with Crippen LogP contribution in [0.4, 0.5) is 0 Å². The Morgan fingerprint density at radius 1 is 1.08 bits per heavy atom. The zero-order chi connectivity index (χ0) is 17.9. The van der Waals surface area contributed by atoms with E-state index in [9.17, 15) is 4.79 Å². The Hall–Kier alpha value is -2.53. The van der Waals surface area contributed by atoms with Crippen molar-refractivity contribution >= 4 is 5.91 Å². The molecule has 0 unspecified atom stereocenters. The molecule has 1 atom stereocenters. The topological polar surface area (TPSA) is 56.8 Å². The highest BCUT2D eigenvalue weighted by Crippen LogP contribution is 2.20. The number of hydrogen-bond donors (Lipinski definition) is 1. The Balaban J connectivity index is 1.72. The van der Waals surface area contributed by atoms with Gasteiger partial charge in [0.15, 0.2) is 6.10 Å². The van der Waals surface area contributed by atoms with Crippen LogP contribution in [0.2, 0.25) is 0 Å². The summed E-state index contributed by atoms with van der Waals surface area (Å²) in [5.41, 5.74) is 1.11. The average Bonchev–Trinajstić information content (AvgIpc) is 2.66. The number of amides is 1. The van der Waals surface area contributed by atoms with E-state index in [2.05, 4.69) is 5.32 Å². The lowest BCUT2D eigenvalue weighted by Gasteiger charge is -2.17. The number of methoxy groups -OCH3 is 1. The minimum absolute atomic E-state index is 0.145. The lowest BCUT2D eigenvalue weighted by Crippen LogP contribution is -2.39. The summed E-state index contributed by atoms with van der Waals surface area (Å²) >= 11 is 0. The van der Waals surface area contributed by atoms with Gasteiger partial charge in [-0.25, -0.2) is 0 Å². The third-order valence-electron chi connectivity index (χ3n) is 3.64. The van der Waals surface area contributed by atoms with Crippen LogP contribution in [0.15, 0.2) is 54.6 Å². The van der Waals surface area contributed by atoms with Gasteiger partial charge in [-0.05, 0) is 24.1 Å². The van der Waals surface area contributed by atoms with Crippen LogP contribution < -0.4 is 14.8 Å². The van der Waals surface area contributed by atoms with E-state index < -0.39 is 6.10 Å². The Labute approximate surface area is 148 Å². The van der Waals surface area contributed by atoms with E-state index in [4.69, 9.17) is 14.2 Å². The highest BCUT2D eigenvalue weighted by atomic mass is 16.5. The number of nitrogens with one attached hydrogen (secondary N) is 1. The van der Waals surface area contributed by atoms with Gasteiger partial charge in [0, 0.05) is 12.6 Å². The van der Waals surface area contributed by atoms with E-state index in [1.807, 2.05) is 49.4 Å². The molecule has 0 saturated heterocycles. The summed E-state index contributed by atoms with van der Waals surface area (Å²) in [7, 11) is 1.60. The van der Waals surface area contributed by atoms with Crippen molar-refractivity contribution in [1.82, 2.24) is 5.32 Å². The summed E-state index contributed by atoms with van der Waals surface area (Å²) in [6, 6.07) is 17.2. The van der Waals surface area contributed by atoms with Gasteiger partial charge in [-0.1, -0.05) is 43.3 Å². The van der Waals surface area contributed by atoms with Crippen LogP contribution in [-0.4, -0.2) is 32.3 Å². The van der Waals surface area contributed by atoms with Gasteiger partial charge in [-0.15, -0.1) is 0 Å². The number of benzene rings is 2. The van der Waals surface area contributed by atoms with Gasteiger partial charge in [0.1, 0.15) is 11.5 Å². The van der Waals surface area contributed by atoms with E-state index in [0.717, 1.165) is 5.56 Å². The molecule has 5 nitrogen and oxygen atoms in total. The van der Waals surface area contributed by atoms with Crippen LogP contribution in [0, 0.1) is 0 Å². The fourth-order valence-corrected chi connectivity index (χ4v) is 2.29. The summed E-state index contributed by atoms with van der Waals surface area (Å²) in [5.74, 6) is 1.16. The maximum Gasteiger partial charge on any atom is 0.261 e. The molecule has 25 heavy (non-hydrogen) atoms. The van der Waals surface area contributed by atoms with Crippen LogP contribution in [-0.2, 0) is 16.1 Å². The van der Waals surface area contributed by atoms with E-state index in [0.29, 0.717) is 37.7 Å². The highest BCUT2D eigenvalue weighted by molar-refractivity contribution is 5.81. The molecule has 0 spiro atoms. The first-order valence-corrected chi connectivity index (χ1v) is 8.43. The second-order valence-corrected chi connectivity index (χ2v) is 5.52.